The van der Waals surface area contributed by atoms with Crippen molar-refractivity contribution in [2.45, 2.75) is 90.3 Å². The van der Waals surface area contributed by atoms with E-state index >= 15 is 0 Å². The third kappa shape index (κ3) is 3.26. The second-order valence-electron chi connectivity index (χ2n) is 10.7. The van der Waals surface area contributed by atoms with Gasteiger partial charge in [-0.15, -0.1) is 0 Å². The second kappa shape index (κ2) is 7.54. The van der Waals surface area contributed by atoms with E-state index in [1.807, 2.05) is 0 Å². The average Bonchev–Trinajstić information content (AvgIpc) is 2.91. The first-order chi connectivity index (χ1) is 12.9. The van der Waals surface area contributed by atoms with Crippen molar-refractivity contribution in [2.24, 2.45) is 40.4 Å². The van der Waals surface area contributed by atoms with E-state index in [1.165, 1.54) is 50.3 Å². The van der Waals surface area contributed by atoms with Crippen LogP contribution in [-0.2, 0) is 0 Å². The van der Waals surface area contributed by atoms with Gasteiger partial charge in [0.2, 0.25) is 0 Å². The molecule has 0 aromatic heterocycles. The Morgan fingerprint density at radius 2 is 1.78 bits per heavy atom. The average molecular weight is 392 g/mol. The molecule has 0 aromatic rings. The Balaban J connectivity index is 1.49. The molecule has 0 bridgehead atoms. The minimum absolute atomic E-state index is 0.0718. The van der Waals surface area contributed by atoms with Crippen molar-refractivity contribution in [3.05, 3.63) is 0 Å². The highest BCUT2D eigenvalue weighted by Crippen LogP contribution is 2.67. The Bertz CT molecular complexity index is 591. The molecule has 27 heavy (non-hydrogen) atoms. The maximum atomic E-state index is 11.2. The molecule has 0 amide bonds. The maximum absolute atomic E-state index is 11.2. The molecule has 0 saturated heterocycles. The van der Waals surface area contributed by atoms with Gasteiger partial charge in [0, 0.05) is 5.75 Å². The molecule has 9 atom stereocenters. The zero-order valence-electron chi connectivity index (χ0n) is 17.1. The molecular formula is C23H37NO2S. The number of nitrogens with zero attached hydrogens (tertiary/aromatic N) is 1. The lowest BCUT2D eigenvalue weighted by atomic mass is 9.45. The molecule has 152 valence electrons. The predicted octanol–water partition coefficient (Wildman–Crippen LogP) is 4.97. The minimum atomic E-state index is -0.158. The summed E-state index contributed by atoms with van der Waals surface area (Å²) in [6.45, 7) is 4.91. The van der Waals surface area contributed by atoms with Gasteiger partial charge in [-0.1, -0.05) is 13.8 Å². The highest BCUT2D eigenvalue weighted by atomic mass is 32.2. The summed E-state index contributed by atoms with van der Waals surface area (Å²) in [6, 6.07) is 0. The fraction of sp³-hybridized carbons (Fsp3) is 0.957. The van der Waals surface area contributed by atoms with Gasteiger partial charge in [0.05, 0.1) is 12.2 Å². The van der Waals surface area contributed by atoms with Crippen molar-refractivity contribution in [1.29, 1.82) is 5.26 Å². The first-order valence-corrected chi connectivity index (χ1v) is 12.3. The fourth-order valence-electron chi connectivity index (χ4n) is 8.13. The predicted molar refractivity (Wildman–Crippen MR) is 110 cm³/mol. The largest absolute Gasteiger partial charge is 0.393 e. The molecule has 3 nitrogen and oxygen atoms in total. The number of hydrogen-bond donors (Lipinski definition) is 2. The molecule has 0 aliphatic heterocycles. The van der Waals surface area contributed by atoms with E-state index in [-0.39, 0.29) is 17.6 Å². The van der Waals surface area contributed by atoms with Crippen molar-refractivity contribution in [3.63, 3.8) is 0 Å². The number of aliphatic hydroxyl groups excluding tert-OH is 2. The Kier molecular flexibility index (Phi) is 5.60. The summed E-state index contributed by atoms with van der Waals surface area (Å²) in [7, 11) is 0. The van der Waals surface area contributed by atoms with Gasteiger partial charge in [-0.3, -0.25) is 0 Å². The van der Waals surface area contributed by atoms with Crippen molar-refractivity contribution < 1.29 is 10.2 Å². The second-order valence-corrected chi connectivity index (χ2v) is 11.5. The third-order valence-electron chi connectivity index (χ3n) is 9.64. The van der Waals surface area contributed by atoms with Gasteiger partial charge in [-0.25, -0.2) is 0 Å². The smallest absolute Gasteiger partial charge is 0.133 e. The van der Waals surface area contributed by atoms with Gasteiger partial charge in [-0.2, -0.15) is 5.26 Å². The standard InChI is InChI=1S/C23H37NO2S/c1-22-9-7-17(25)13-16(22)5-6-18-19(22)8-10-23(2)20(18)12-15(21(23)26)4-3-11-27-14-24/h15-21,25-26H,3-13H2,1-2H3/t15-,16+,17-,18-,19+,20+,21+,22+,23+/m1/s1. The van der Waals surface area contributed by atoms with Gasteiger partial charge >= 0.3 is 0 Å². The fourth-order valence-corrected chi connectivity index (χ4v) is 8.53. The van der Waals surface area contributed by atoms with E-state index in [0.29, 0.717) is 23.2 Å². The summed E-state index contributed by atoms with van der Waals surface area (Å²) in [4.78, 5) is 0. The zero-order chi connectivity index (χ0) is 19.2. The van der Waals surface area contributed by atoms with Crippen LogP contribution in [0.3, 0.4) is 0 Å². The van der Waals surface area contributed by atoms with Crippen molar-refractivity contribution in [3.8, 4) is 5.40 Å². The molecule has 0 heterocycles. The Labute approximate surface area is 169 Å². The highest BCUT2D eigenvalue weighted by Gasteiger charge is 2.61. The number of aliphatic hydroxyl groups is 2. The molecule has 4 aliphatic rings. The number of fused-ring (bicyclic) bond motifs is 5. The molecule has 4 heteroatoms. The van der Waals surface area contributed by atoms with Gasteiger partial charge in [0.25, 0.3) is 0 Å². The van der Waals surface area contributed by atoms with Crippen LogP contribution in [0.25, 0.3) is 0 Å². The lowest BCUT2D eigenvalue weighted by Gasteiger charge is -2.60. The van der Waals surface area contributed by atoms with E-state index < -0.39 is 0 Å². The molecule has 4 saturated carbocycles. The molecule has 0 spiro atoms. The van der Waals surface area contributed by atoms with E-state index in [1.54, 1.807) is 0 Å². The SMILES string of the molecule is C[C@]12CC[C@@H](O)C[C@@H]1CC[C@@H]1[C@@H]2CC[C@]2(C)[C@@H](O)[C@H](CCCSC#N)C[C@@H]12. The summed E-state index contributed by atoms with van der Waals surface area (Å²) < 4.78 is 0. The van der Waals surface area contributed by atoms with Crippen LogP contribution in [0.5, 0.6) is 0 Å². The number of nitriles is 1. The Morgan fingerprint density at radius 1 is 1.00 bits per heavy atom. The zero-order valence-corrected chi connectivity index (χ0v) is 17.9. The van der Waals surface area contributed by atoms with Crippen LogP contribution in [0.15, 0.2) is 0 Å². The summed E-state index contributed by atoms with van der Waals surface area (Å²) in [5, 5.41) is 32.3. The number of rotatable bonds is 4. The highest BCUT2D eigenvalue weighted by molar-refractivity contribution is 8.03. The van der Waals surface area contributed by atoms with Crippen molar-refractivity contribution >= 4 is 11.8 Å². The van der Waals surface area contributed by atoms with Gasteiger partial charge in [0.15, 0.2) is 0 Å². The maximum Gasteiger partial charge on any atom is 0.133 e. The van der Waals surface area contributed by atoms with Crippen LogP contribution in [0.1, 0.15) is 78.1 Å². The van der Waals surface area contributed by atoms with Crippen LogP contribution in [0, 0.1) is 51.1 Å². The van der Waals surface area contributed by atoms with Crippen LogP contribution >= 0.6 is 11.8 Å². The summed E-state index contributed by atoms with van der Waals surface area (Å²) in [6.07, 6.45) is 11.3. The Morgan fingerprint density at radius 3 is 2.56 bits per heavy atom. The van der Waals surface area contributed by atoms with E-state index in [2.05, 4.69) is 19.2 Å². The number of hydrogen-bond acceptors (Lipinski definition) is 4. The monoisotopic (exact) mass is 391 g/mol. The quantitative estimate of drug-likeness (QED) is 0.524. The van der Waals surface area contributed by atoms with Gasteiger partial charge in [-0.05, 0) is 116 Å². The first-order valence-electron chi connectivity index (χ1n) is 11.3. The van der Waals surface area contributed by atoms with E-state index in [0.717, 1.165) is 43.3 Å². The normalized spacial score (nSPS) is 51.7. The summed E-state index contributed by atoms with van der Waals surface area (Å²) in [5.74, 6) is 4.27. The third-order valence-corrected chi connectivity index (χ3v) is 10.3. The first kappa shape index (κ1) is 20.0. The summed E-state index contributed by atoms with van der Waals surface area (Å²) >= 11 is 1.35. The summed E-state index contributed by atoms with van der Waals surface area (Å²) in [5.41, 5.74) is 0.515. The molecule has 0 aromatic carbocycles. The van der Waals surface area contributed by atoms with Gasteiger partial charge in [0.1, 0.15) is 5.40 Å². The molecule has 4 rings (SSSR count). The molecule has 0 radical (unpaired) electrons. The van der Waals surface area contributed by atoms with E-state index in [9.17, 15) is 10.2 Å². The van der Waals surface area contributed by atoms with E-state index in [4.69, 9.17) is 5.26 Å². The molecule has 0 unspecified atom stereocenters. The lowest BCUT2D eigenvalue weighted by molar-refractivity contribution is -0.134. The number of thioether (sulfide) groups is 1. The van der Waals surface area contributed by atoms with Crippen LogP contribution in [0.4, 0.5) is 0 Å². The lowest BCUT2D eigenvalue weighted by Crippen LogP contribution is -2.54. The topological polar surface area (TPSA) is 64.2 Å². The molecule has 4 aliphatic carbocycles. The van der Waals surface area contributed by atoms with Crippen molar-refractivity contribution in [1.82, 2.24) is 0 Å². The molecule has 4 fully saturated rings. The minimum Gasteiger partial charge on any atom is -0.393 e. The van der Waals surface area contributed by atoms with Crippen LogP contribution < -0.4 is 0 Å². The number of thiocyanates is 1. The van der Waals surface area contributed by atoms with Crippen LogP contribution in [-0.4, -0.2) is 28.2 Å². The molecular weight excluding hydrogens is 354 g/mol. The van der Waals surface area contributed by atoms with Crippen molar-refractivity contribution in [2.75, 3.05) is 5.75 Å². The molecule has 2 N–H and O–H groups in total. The van der Waals surface area contributed by atoms with Crippen LogP contribution in [0.2, 0.25) is 0 Å². The van der Waals surface area contributed by atoms with Gasteiger partial charge < -0.3 is 10.2 Å². The Hall–Kier alpha value is -0.240.